The maximum absolute atomic E-state index is 13.9. The van der Waals surface area contributed by atoms with Crippen molar-refractivity contribution in [3.05, 3.63) is 65.5 Å². The second kappa shape index (κ2) is 8.54. The van der Waals surface area contributed by atoms with E-state index < -0.39 is 11.6 Å². The van der Waals surface area contributed by atoms with Gasteiger partial charge in [0.2, 0.25) is 0 Å². The molecule has 0 spiro atoms. The monoisotopic (exact) mass is 408 g/mol. The Labute approximate surface area is 174 Å². The summed E-state index contributed by atoms with van der Waals surface area (Å²) in [7, 11) is 0. The van der Waals surface area contributed by atoms with Crippen LogP contribution in [0.25, 0.3) is 0 Å². The molecular formula is C23H22F2N4O. The smallest absolute Gasteiger partial charge is 0.167 e. The fourth-order valence-corrected chi connectivity index (χ4v) is 3.81. The SMILES string of the molecule is CC1=CN(c2cc(C#N)ccc2N2CCC(Oc3ccc(F)cc3F)CC2)CC=N1. The number of ether oxygens (including phenoxy) is 1. The van der Waals surface area contributed by atoms with E-state index in [1.165, 1.54) is 12.1 Å². The number of nitrogens with zero attached hydrogens (tertiary/aromatic N) is 4. The van der Waals surface area contributed by atoms with Gasteiger partial charge in [0.1, 0.15) is 11.9 Å². The van der Waals surface area contributed by atoms with E-state index in [0.29, 0.717) is 24.9 Å². The zero-order valence-corrected chi connectivity index (χ0v) is 16.7. The number of rotatable bonds is 4. The summed E-state index contributed by atoms with van der Waals surface area (Å²) in [6.45, 7) is 4.05. The molecule has 0 unspecified atom stereocenters. The van der Waals surface area contributed by atoms with Crippen molar-refractivity contribution < 1.29 is 13.5 Å². The predicted molar refractivity (Wildman–Crippen MR) is 113 cm³/mol. The van der Waals surface area contributed by atoms with Gasteiger partial charge in [0.25, 0.3) is 0 Å². The van der Waals surface area contributed by atoms with Crippen molar-refractivity contribution >= 4 is 17.6 Å². The van der Waals surface area contributed by atoms with Gasteiger partial charge in [0.05, 0.1) is 35.2 Å². The fraction of sp³-hybridized carbons (Fsp3) is 0.304. The summed E-state index contributed by atoms with van der Waals surface area (Å²) in [4.78, 5) is 8.65. The van der Waals surface area contributed by atoms with Gasteiger partial charge in [-0.25, -0.2) is 8.78 Å². The van der Waals surface area contributed by atoms with E-state index in [4.69, 9.17) is 4.74 Å². The minimum Gasteiger partial charge on any atom is -0.487 e. The predicted octanol–water partition coefficient (Wildman–Crippen LogP) is 4.64. The van der Waals surface area contributed by atoms with E-state index in [9.17, 15) is 14.0 Å². The van der Waals surface area contributed by atoms with E-state index in [1.807, 2.05) is 37.5 Å². The van der Waals surface area contributed by atoms with Crippen LogP contribution >= 0.6 is 0 Å². The van der Waals surface area contributed by atoms with Crippen LogP contribution in [0.3, 0.4) is 0 Å². The molecule has 4 rings (SSSR count). The van der Waals surface area contributed by atoms with Gasteiger partial charge in [0, 0.05) is 44.4 Å². The molecule has 0 saturated carbocycles. The molecule has 5 nitrogen and oxygen atoms in total. The molecule has 0 amide bonds. The van der Waals surface area contributed by atoms with Crippen LogP contribution in [-0.4, -0.2) is 32.0 Å². The molecule has 2 aromatic carbocycles. The Morgan fingerprint density at radius 3 is 2.60 bits per heavy atom. The third-order valence-corrected chi connectivity index (χ3v) is 5.30. The van der Waals surface area contributed by atoms with Crippen LogP contribution in [0, 0.1) is 23.0 Å². The molecule has 0 atom stereocenters. The van der Waals surface area contributed by atoms with Crippen molar-refractivity contribution in [3.8, 4) is 11.8 Å². The molecular weight excluding hydrogens is 386 g/mol. The molecule has 7 heteroatoms. The molecule has 2 heterocycles. The topological polar surface area (TPSA) is 51.9 Å². The van der Waals surface area contributed by atoms with Crippen LogP contribution in [0.4, 0.5) is 20.2 Å². The number of hydrogen-bond acceptors (Lipinski definition) is 5. The third-order valence-electron chi connectivity index (χ3n) is 5.30. The van der Waals surface area contributed by atoms with Gasteiger partial charge in [-0.05, 0) is 37.3 Å². The minimum absolute atomic E-state index is 0.0853. The first-order chi connectivity index (χ1) is 14.5. The number of allylic oxidation sites excluding steroid dienone is 1. The largest absolute Gasteiger partial charge is 0.487 e. The maximum atomic E-state index is 13.9. The molecule has 0 N–H and O–H groups in total. The first kappa shape index (κ1) is 19.9. The lowest BCUT2D eigenvalue weighted by Gasteiger charge is -2.36. The lowest BCUT2D eigenvalue weighted by molar-refractivity contribution is 0.163. The molecule has 1 saturated heterocycles. The molecule has 0 bridgehead atoms. The van der Waals surface area contributed by atoms with Crippen molar-refractivity contribution in [3.63, 3.8) is 0 Å². The van der Waals surface area contributed by atoms with Crippen molar-refractivity contribution in [2.75, 3.05) is 29.4 Å². The number of nitriles is 1. The van der Waals surface area contributed by atoms with Crippen LogP contribution in [0.1, 0.15) is 25.3 Å². The fourth-order valence-electron chi connectivity index (χ4n) is 3.81. The van der Waals surface area contributed by atoms with Gasteiger partial charge in [-0.1, -0.05) is 0 Å². The Hall–Kier alpha value is -3.40. The van der Waals surface area contributed by atoms with Crippen LogP contribution in [0.2, 0.25) is 0 Å². The van der Waals surface area contributed by atoms with Gasteiger partial charge < -0.3 is 14.5 Å². The number of piperidine rings is 1. The Balaban J connectivity index is 1.49. The maximum Gasteiger partial charge on any atom is 0.167 e. The van der Waals surface area contributed by atoms with E-state index in [-0.39, 0.29) is 11.9 Å². The van der Waals surface area contributed by atoms with Gasteiger partial charge in [0.15, 0.2) is 11.6 Å². The van der Waals surface area contributed by atoms with Crippen molar-refractivity contribution in [2.45, 2.75) is 25.9 Å². The summed E-state index contributed by atoms with van der Waals surface area (Å²) in [5.41, 5.74) is 3.51. The normalized spacial score (nSPS) is 16.9. The van der Waals surface area contributed by atoms with Crippen LogP contribution in [-0.2, 0) is 0 Å². The van der Waals surface area contributed by atoms with Crippen molar-refractivity contribution in [1.82, 2.24) is 0 Å². The number of halogens is 2. The molecule has 154 valence electrons. The van der Waals surface area contributed by atoms with E-state index in [2.05, 4.69) is 20.9 Å². The molecule has 30 heavy (non-hydrogen) atoms. The summed E-state index contributed by atoms with van der Waals surface area (Å²) in [6, 6.07) is 11.3. The number of aliphatic imine (C=N–C) groups is 1. The number of anilines is 2. The average molecular weight is 408 g/mol. The van der Waals surface area contributed by atoms with Crippen LogP contribution < -0.4 is 14.5 Å². The zero-order chi connectivity index (χ0) is 21.1. The highest BCUT2D eigenvalue weighted by atomic mass is 19.1. The number of hydrogen-bond donors (Lipinski definition) is 0. The van der Waals surface area contributed by atoms with E-state index in [0.717, 1.165) is 36.2 Å². The Bertz CT molecular complexity index is 1040. The molecule has 0 aliphatic carbocycles. The van der Waals surface area contributed by atoms with E-state index in [1.54, 1.807) is 0 Å². The minimum atomic E-state index is -0.680. The Kier molecular flexibility index (Phi) is 5.66. The Morgan fingerprint density at radius 1 is 1.10 bits per heavy atom. The molecule has 2 aliphatic rings. The molecule has 2 aliphatic heterocycles. The van der Waals surface area contributed by atoms with Gasteiger partial charge >= 0.3 is 0 Å². The average Bonchev–Trinajstić information content (AvgIpc) is 2.76. The summed E-state index contributed by atoms with van der Waals surface area (Å²) in [6.07, 6.45) is 5.13. The quantitative estimate of drug-likeness (QED) is 0.740. The highest BCUT2D eigenvalue weighted by Crippen LogP contribution is 2.34. The third kappa shape index (κ3) is 4.28. The Morgan fingerprint density at radius 2 is 1.90 bits per heavy atom. The van der Waals surface area contributed by atoms with Crippen LogP contribution in [0.15, 0.2) is 53.3 Å². The molecule has 1 fully saturated rings. The van der Waals surface area contributed by atoms with E-state index >= 15 is 0 Å². The molecule has 0 aromatic heterocycles. The summed E-state index contributed by atoms with van der Waals surface area (Å²) < 4.78 is 32.8. The second-order valence-electron chi connectivity index (χ2n) is 7.43. The van der Waals surface area contributed by atoms with Gasteiger partial charge in [-0.2, -0.15) is 5.26 Å². The van der Waals surface area contributed by atoms with Gasteiger partial charge in [-0.3, -0.25) is 4.99 Å². The second-order valence-corrected chi connectivity index (χ2v) is 7.43. The van der Waals surface area contributed by atoms with Crippen LogP contribution in [0.5, 0.6) is 5.75 Å². The molecule has 2 aromatic rings. The zero-order valence-electron chi connectivity index (χ0n) is 16.7. The van der Waals surface area contributed by atoms with Crippen molar-refractivity contribution in [1.29, 1.82) is 5.26 Å². The standard InChI is InChI=1S/C23H22F2N4O/c1-16-15-29(11-8-27-16)22-12-17(14-26)2-4-21(22)28-9-6-19(7-10-28)30-23-5-3-18(24)13-20(23)25/h2-5,8,12-13,15,19H,6-7,9-11H2,1H3. The number of benzene rings is 2. The molecule has 0 radical (unpaired) electrons. The van der Waals surface area contributed by atoms with Gasteiger partial charge in [-0.15, -0.1) is 0 Å². The summed E-state index contributed by atoms with van der Waals surface area (Å²) in [5, 5.41) is 9.33. The lowest BCUT2D eigenvalue weighted by Crippen LogP contribution is -2.39. The summed E-state index contributed by atoms with van der Waals surface area (Å²) in [5.74, 6) is -1.21. The van der Waals surface area contributed by atoms with Crippen molar-refractivity contribution in [2.24, 2.45) is 4.99 Å². The highest BCUT2D eigenvalue weighted by molar-refractivity contribution is 5.79. The lowest BCUT2D eigenvalue weighted by atomic mass is 10.0. The summed E-state index contributed by atoms with van der Waals surface area (Å²) >= 11 is 0. The highest BCUT2D eigenvalue weighted by Gasteiger charge is 2.25. The first-order valence-electron chi connectivity index (χ1n) is 9.92. The first-order valence-corrected chi connectivity index (χ1v) is 9.92.